The molecule has 0 radical (unpaired) electrons. The van der Waals surface area contributed by atoms with Gasteiger partial charge in [0.05, 0.1) is 11.4 Å². The number of phenols is 2. The molecule has 0 aromatic heterocycles. The summed E-state index contributed by atoms with van der Waals surface area (Å²) in [7, 11) is 0. The van der Waals surface area contributed by atoms with Crippen molar-refractivity contribution in [2.24, 2.45) is 0 Å². The van der Waals surface area contributed by atoms with E-state index in [2.05, 4.69) is 5.43 Å². The average molecular weight is 333 g/mol. The van der Waals surface area contributed by atoms with Crippen molar-refractivity contribution in [3.8, 4) is 11.5 Å². The minimum Gasteiger partial charge on any atom is -0.506 e. The average Bonchev–Trinajstić information content (AvgIpc) is 2.98. The monoisotopic (exact) mass is 333 g/mol. The van der Waals surface area contributed by atoms with Crippen LogP contribution in [0.4, 0.5) is 22.7 Å². The molecule has 126 valence electrons. The van der Waals surface area contributed by atoms with Crippen molar-refractivity contribution < 1.29 is 10.2 Å². The molecule has 0 unspecified atom stereocenters. The molecule has 1 aliphatic rings. The lowest BCUT2D eigenvalue weighted by Gasteiger charge is -2.32. The summed E-state index contributed by atoms with van der Waals surface area (Å²) in [6.45, 7) is 3.95. The second-order valence-electron chi connectivity index (χ2n) is 6.24. The lowest BCUT2D eigenvalue weighted by atomic mass is 10.2. The van der Waals surface area contributed by atoms with Crippen molar-refractivity contribution in [2.75, 3.05) is 15.6 Å². The first-order chi connectivity index (χ1) is 12.0. The zero-order valence-electron chi connectivity index (χ0n) is 14.1. The molecular formula is C20H19N3O2. The van der Waals surface area contributed by atoms with Gasteiger partial charge in [-0.2, -0.15) is 5.12 Å². The maximum absolute atomic E-state index is 10.5. The van der Waals surface area contributed by atoms with Gasteiger partial charge in [-0.3, -0.25) is 5.43 Å². The molecule has 0 saturated heterocycles. The van der Waals surface area contributed by atoms with Crippen molar-refractivity contribution in [3.63, 3.8) is 0 Å². The van der Waals surface area contributed by atoms with Gasteiger partial charge in [-0.15, -0.1) is 0 Å². The topological polar surface area (TPSA) is 59.0 Å². The van der Waals surface area contributed by atoms with Gasteiger partial charge in [0.1, 0.15) is 22.9 Å². The molecule has 5 nitrogen and oxygen atoms in total. The Labute approximate surface area is 146 Å². The van der Waals surface area contributed by atoms with Crippen molar-refractivity contribution in [3.05, 3.63) is 71.8 Å². The summed E-state index contributed by atoms with van der Waals surface area (Å²) >= 11 is 0. The number of rotatable bonds is 2. The highest BCUT2D eigenvalue weighted by molar-refractivity contribution is 5.89. The Hall–Kier alpha value is -3.34. The molecule has 3 N–H and O–H groups in total. The van der Waals surface area contributed by atoms with Crippen LogP contribution in [0.5, 0.6) is 11.5 Å². The molecule has 1 aliphatic heterocycles. The Kier molecular flexibility index (Phi) is 3.42. The van der Waals surface area contributed by atoms with Gasteiger partial charge in [-0.25, -0.2) is 5.01 Å². The predicted molar refractivity (Wildman–Crippen MR) is 100 cm³/mol. The number of benzene rings is 3. The third-order valence-corrected chi connectivity index (χ3v) is 4.28. The van der Waals surface area contributed by atoms with Gasteiger partial charge in [0.15, 0.2) is 0 Å². The molecule has 0 bridgehead atoms. The number of aromatic hydroxyl groups is 2. The van der Waals surface area contributed by atoms with Crippen LogP contribution in [0, 0.1) is 13.8 Å². The first-order valence-corrected chi connectivity index (χ1v) is 8.10. The fraction of sp³-hybridized carbons (Fsp3) is 0.100. The van der Waals surface area contributed by atoms with E-state index in [1.165, 1.54) is 0 Å². The van der Waals surface area contributed by atoms with E-state index in [4.69, 9.17) is 0 Å². The molecule has 0 saturated carbocycles. The summed E-state index contributed by atoms with van der Waals surface area (Å²) in [5.74, 6) is 0.323. The quantitative estimate of drug-likeness (QED) is 0.639. The minimum absolute atomic E-state index is 0.156. The number of anilines is 4. The van der Waals surface area contributed by atoms with Gasteiger partial charge in [-0.05, 0) is 61.4 Å². The van der Waals surface area contributed by atoms with Gasteiger partial charge in [0.2, 0.25) is 0 Å². The van der Waals surface area contributed by atoms with E-state index in [1.807, 2.05) is 67.4 Å². The normalized spacial score (nSPS) is 12.9. The van der Waals surface area contributed by atoms with Gasteiger partial charge in [-0.1, -0.05) is 24.3 Å². The summed E-state index contributed by atoms with van der Waals surface area (Å²) in [5, 5.41) is 24.5. The number of aryl methyl sites for hydroxylation is 2. The van der Waals surface area contributed by atoms with Gasteiger partial charge < -0.3 is 10.2 Å². The van der Waals surface area contributed by atoms with Crippen LogP contribution in [0.2, 0.25) is 0 Å². The molecule has 25 heavy (non-hydrogen) atoms. The fourth-order valence-corrected chi connectivity index (χ4v) is 3.04. The van der Waals surface area contributed by atoms with E-state index >= 15 is 0 Å². The van der Waals surface area contributed by atoms with Crippen LogP contribution in [0.25, 0.3) is 0 Å². The molecule has 1 heterocycles. The highest BCUT2D eigenvalue weighted by atomic mass is 16.3. The SMILES string of the molecule is Cc1ccc(O)c(N2Nc3ccccc3N2c2cc(C)ccc2O)c1. The lowest BCUT2D eigenvalue weighted by Crippen LogP contribution is -2.38. The van der Waals surface area contributed by atoms with Crippen molar-refractivity contribution in [1.82, 2.24) is 0 Å². The molecule has 5 heteroatoms. The van der Waals surface area contributed by atoms with Crippen LogP contribution < -0.4 is 15.6 Å². The fourth-order valence-electron chi connectivity index (χ4n) is 3.04. The molecule has 0 amide bonds. The largest absolute Gasteiger partial charge is 0.506 e. The molecule has 4 rings (SSSR count). The number of fused-ring (bicyclic) bond motifs is 1. The number of phenolic OH excluding ortho intramolecular Hbond substituents is 2. The van der Waals surface area contributed by atoms with Crippen molar-refractivity contribution in [1.29, 1.82) is 0 Å². The van der Waals surface area contributed by atoms with Gasteiger partial charge in [0, 0.05) is 0 Å². The van der Waals surface area contributed by atoms with Crippen molar-refractivity contribution >= 4 is 22.7 Å². The minimum atomic E-state index is 0.156. The summed E-state index contributed by atoms with van der Waals surface area (Å²) in [6.07, 6.45) is 0. The van der Waals surface area contributed by atoms with Crippen LogP contribution in [-0.2, 0) is 0 Å². The maximum atomic E-state index is 10.5. The van der Waals surface area contributed by atoms with Crippen LogP contribution in [0.15, 0.2) is 60.7 Å². The number of hydrogen-bond acceptors (Lipinski definition) is 5. The number of nitrogens with one attached hydrogen (secondary N) is 1. The zero-order chi connectivity index (χ0) is 17.6. The summed E-state index contributed by atoms with van der Waals surface area (Å²) in [6, 6.07) is 18.7. The third kappa shape index (κ3) is 2.50. The Balaban J connectivity index is 1.92. The maximum Gasteiger partial charge on any atom is 0.142 e. The Morgan fingerprint density at radius 2 is 1.32 bits per heavy atom. The summed E-state index contributed by atoms with van der Waals surface area (Å²) in [4.78, 5) is 0. The van der Waals surface area contributed by atoms with E-state index in [9.17, 15) is 10.2 Å². The highest BCUT2D eigenvalue weighted by Gasteiger charge is 2.31. The van der Waals surface area contributed by atoms with Gasteiger partial charge in [0.25, 0.3) is 0 Å². The third-order valence-electron chi connectivity index (χ3n) is 4.28. The number of hydrazine groups is 2. The van der Waals surface area contributed by atoms with Crippen LogP contribution >= 0.6 is 0 Å². The first-order valence-electron chi connectivity index (χ1n) is 8.10. The van der Waals surface area contributed by atoms with E-state index in [0.717, 1.165) is 22.5 Å². The van der Waals surface area contributed by atoms with E-state index < -0.39 is 0 Å². The molecule has 0 atom stereocenters. The first kappa shape index (κ1) is 15.2. The lowest BCUT2D eigenvalue weighted by molar-refractivity contribution is 0.471. The second-order valence-corrected chi connectivity index (χ2v) is 6.24. The van der Waals surface area contributed by atoms with E-state index in [-0.39, 0.29) is 11.5 Å². The van der Waals surface area contributed by atoms with Crippen LogP contribution in [-0.4, -0.2) is 10.2 Å². The predicted octanol–water partition coefficient (Wildman–Crippen LogP) is 4.61. The number of para-hydroxylation sites is 2. The van der Waals surface area contributed by atoms with E-state index in [0.29, 0.717) is 11.4 Å². The molecular weight excluding hydrogens is 314 g/mol. The van der Waals surface area contributed by atoms with Gasteiger partial charge >= 0.3 is 0 Å². The van der Waals surface area contributed by atoms with Crippen LogP contribution in [0.1, 0.15) is 11.1 Å². The second kappa shape index (κ2) is 5.63. The highest BCUT2D eigenvalue weighted by Crippen LogP contribution is 2.46. The Morgan fingerprint density at radius 1 is 0.720 bits per heavy atom. The molecule has 0 spiro atoms. The standard InChI is InChI=1S/C20H19N3O2/c1-13-7-9-19(24)17(11-13)22-16-6-4-3-5-15(16)21-23(22)18-12-14(2)8-10-20(18)25/h3-12,21,24-25H,1-2H3. The van der Waals surface area contributed by atoms with E-state index in [1.54, 1.807) is 17.3 Å². The number of hydrogen-bond donors (Lipinski definition) is 3. The molecule has 3 aromatic carbocycles. The summed E-state index contributed by atoms with van der Waals surface area (Å²) < 4.78 is 0. The number of nitrogens with zero attached hydrogens (tertiary/aromatic N) is 2. The molecule has 0 fully saturated rings. The zero-order valence-corrected chi connectivity index (χ0v) is 14.1. The van der Waals surface area contributed by atoms with Crippen molar-refractivity contribution in [2.45, 2.75) is 13.8 Å². The molecule has 3 aromatic rings. The smallest absolute Gasteiger partial charge is 0.142 e. The molecule has 0 aliphatic carbocycles. The Morgan fingerprint density at radius 3 is 2.04 bits per heavy atom. The van der Waals surface area contributed by atoms with Crippen LogP contribution in [0.3, 0.4) is 0 Å². The Bertz CT molecular complexity index is 955. The summed E-state index contributed by atoms with van der Waals surface area (Å²) in [5.41, 5.74) is 8.39.